The van der Waals surface area contributed by atoms with Gasteiger partial charge >= 0.3 is 0 Å². The van der Waals surface area contributed by atoms with Crippen LogP contribution in [0.3, 0.4) is 0 Å². The molecule has 1 aromatic carbocycles. The van der Waals surface area contributed by atoms with Crippen LogP contribution in [0.1, 0.15) is 26.3 Å². The van der Waals surface area contributed by atoms with Crippen LogP contribution in [0.25, 0.3) is 10.2 Å². The van der Waals surface area contributed by atoms with Crippen molar-refractivity contribution in [3.8, 4) is 0 Å². The second-order valence-electron chi connectivity index (χ2n) is 4.40. The molecule has 0 unspecified atom stereocenters. The highest BCUT2D eigenvalue weighted by Crippen LogP contribution is 2.30. The van der Waals surface area contributed by atoms with Crippen LogP contribution in [-0.4, -0.2) is 4.98 Å². The smallest absolute Gasteiger partial charge is 0.184 e. The lowest BCUT2D eigenvalue weighted by Gasteiger charge is -2.18. The Morgan fingerprint density at radius 2 is 2.00 bits per heavy atom. The molecule has 0 fully saturated rings. The number of halogens is 1. The predicted octanol–water partition coefficient (Wildman–Crippen LogP) is 4.25. The van der Waals surface area contributed by atoms with Crippen LogP contribution in [0, 0.1) is 0 Å². The number of fused-ring (bicyclic) bond motifs is 1. The zero-order valence-corrected chi connectivity index (χ0v) is 10.0. The number of benzene rings is 1. The van der Waals surface area contributed by atoms with E-state index >= 15 is 0 Å². The third-order valence-electron chi connectivity index (χ3n) is 2.23. The molecule has 2 rings (SSSR count). The average Bonchev–Trinajstić information content (AvgIpc) is 2.41. The largest absolute Gasteiger partial charge is 0.225 e. The summed E-state index contributed by atoms with van der Waals surface area (Å²) in [5.41, 5.74) is 2.50. The zero-order chi connectivity index (χ0) is 10.3. The van der Waals surface area contributed by atoms with Gasteiger partial charge in [0.15, 0.2) is 4.47 Å². The monoisotopic (exact) mass is 225 g/mol. The first kappa shape index (κ1) is 9.94. The van der Waals surface area contributed by atoms with Gasteiger partial charge in [-0.25, -0.2) is 4.98 Å². The highest BCUT2D eigenvalue weighted by Gasteiger charge is 2.14. The Labute approximate surface area is 92.7 Å². The highest BCUT2D eigenvalue weighted by molar-refractivity contribution is 7.22. The maximum atomic E-state index is 5.86. The van der Waals surface area contributed by atoms with Gasteiger partial charge in [0.2, 0.25) is 0 Å². The molecule has 0 aliphatic heterocycles. The van der Waals surface area contributed by atoms with Crippen LogP contribution >= 0.6 is 22.9 Å². The molecule has 0 radical (unpaired) electrons. The van der Waals surface area contributed by atoms with Crippen molar-refractivity contribution < 1.29 is 0 Å². The lowest BCUT2D eigenvalue weighted by atomic mass is 9.87. The minimum atomic E-state index is 0.185. The van der Waals surface area contributed by atoms with Crippen LogP contribution in [0.2, 0.25) is 4.47 Å². The molecule has 1 heterocycles. The van der Waals surface area contributed by atoms with Crippen molar-refractivity contribution in [2.24, 2.45) is 0 Å². The fourth-order valence-electron chi connectivity index (χ4n) is 1.36. The Morgan fingerprint density at radius 3 is 2.64 bits per heavy atom. The summed E-state index contributed by atoms with van der Waals surface area (Å²) in [5.74, 6) is 0. The Balaban J connectivity index is 2.62. The van der Waals surface area contributed by atoms with Gasteiger partial charge in [0.05, 0.1) is 10.2 Å². The van der Waals surface area contributed by atoms with Crippen molar-refractivity contribution in [2.45, 2.75) is 26.2 Å². The molecule has 0 N–H and O–H groups in total. The van der Waals surface area contributed by atoms with Crippen LogP contribution in [0.4, 0.5) is 0 Å². The van der Waals surface area contributed by atoms with Crippen LogP contribution in [-0.2, 0) is 5.41 Å². The fourth-order valence-corrected chi connectivity index (χ4v) is 2.43. The highest BCUT2D eigenvalue weighted by atomic mass is 35.5. The quantitative estimate of drug-likeness (QED) is 0.653. The van der Waals surface area contributed by atoms with E-state index in [4.69, 9.17) is 11.6 Å². The SMILES string of the molecule is CC(C)(C)c1ccc2nc(Cl)sc2c1. The van der Waals surface area contributed by atoms with Gasteiger partial charge in [-0.05, 0) is 23.1 Å². The Morgan fingerprint density at radius 1 is 1.29 bits per heavy atom. The van der Waals surface area contributed by atoms with Crippen LogP contribution in [0.5, 0.6) is 0 Å². The lowest BCUT2D eigenvalue weighted by Crippen LogP contribution is -2.10. The van der Waals surface area contributed by atoms with Gasteiger partial charge in [0.1, 0.15) is 0 Å². The lowest BCUT2D eigenvalue weighted by molar-refractivity contribution is 0.591. The standard InChI is InChI=1S/C11H12ClNS/c1-11(2,3)7-4-5-8-9(6-7)14-10(12)13-8/h4-6H,1-3H3. The van der Waals surface area contributed by atoms with Crippen LogP contribution < -0.4 is 0 Å². The van der Waals surface area contributed by atoms with Gasteiger partial charge in [-0.15, -0.1) is 11.3 Å². The van der Waals surface area contributed by atoms with Crippen molar-refractivity contribution in [3.63, 3.8) is 0 Å². The molecule has 0 spiro atoms. The van der Waals surface area contributed by atoms with Gasteiger partial charge < -0.3 is 0 Å². The fraction of sp³-hybridized carbons (Fsp3) is 0.364. The zero-order valence-electron chi connectivity index (χ0n) is 8.47. The van der Waals surface area contributed by atoms with Gasteiger partial charge in [-0.1, -0.05) is 38.4 Å². The number of rotatable bonds is 0. The minimum Gasteiger partial charge on any atom is -0.225 e. The average molecular weight is 226 g/mol. The van der Waals surface area contributed by atoms with E-state index in [0.29, 0.717) is 4.47 Å². The summed E-state index contributed by atoms with van der Waals surface area (Å²) in [5, 5.41) is 0. The van der Waals surface area contributed by atoms with E-state index in [1.165, 1.54) is 21.6 Å². The summed E-state index contributed by atoms with van der Waals surface area (Å²) in [7, 11) is 0. The van der Waals surface area contributed by atoms with E-state index in [-0.39, 0.29) is 5.41 Å². The number of hydrogen-bond acceptors (Lipinski definition) is 2. The summed E-state index contributed by atoms with van der Waals surface area (Å²) in [6, 6.07) is 6.34. The molecule has 3 heteroatoms. The molecule has 1 aromatic heterocycles. The Bertz CT molecular complexity index is 468. The molecule has 0 bridgehead atoms. The summed E-state index contributed by atoms with van der Waals surface area (Å²) in [6.07, 6.45) is 0. The molecule has 1 nitrogen and oxygen atoms in total. The first-order chi connectivity index (χ1) is 6.47. The Kier molecular flexibility index (Phi) is 2.28. The number of hydrogen-bond donors (Lipinski definition) is 0. The van der Waals surface area contributed by atoms with Crippen molar-refractivity contribution >= 4 is 33.2 Å². The van der Waals surface area contributed by atoms with Crippen LogP contribution in [0.15, 0.2) is 18.2 Å². The molecule has 14 heavy (non-hydrogen) atoms. The maximum Gasteiger partial charge on any atom is 0.184 e. The number of nitrogens with zero attached hydrogens (tertiary/aromatic N) is 1. The van der Waals surface area contributed by atoms with E-state index in [0.717, 1.165) is 5.52 Å². The van der Waals surface area contributed by atoms with Gasteiger partial charge in [-0.2, -0.15) is 0 Å². The topological polar surface area (TPSA) is 12.9 Å². The number of thiazole rings is 1. The second-order valence-corrected chi connectivity index (χ2v) is 6.01. The molecule has 0 aliphatic rings. The molecule has 0 saturated heterocycles. The third-order valence-corrected chi connectivity index (χ3v) is 3.35. The molecule has 0 saturated carbocycles. The van der Waals surface area contributed by atoms with E-state index in [9.17, 15) is 0 Å². The second kappa shape index (κ2) is 3.21. The van der Waals surface area contributed by atoms with E-state index in [2.05, 4.69) is 37.9 Å². The molecule has 2 aromatic rings. The first-order valence-corrected chi connectivity index (χ1v) is 5.73. The molecule has 0 aliphatic carbocycles. The van der Waals surface area contributed by atoms with Gasteiger partial charge in [0, 0.05) is 0 Å². The summed E-state index contributed by atoms with van der Waals surface area (Å²) >= 11 is 7.39. The summed E-state index contributed by atoms with van der Waals surface area (Å²) < 4.78 is 1.79. The predicted molar refractivity (Wildman–Crippen MR) is 63.3 cm³/mol. The van der Waals surface area contributed by atoms with E-state index in [1.54, 1.807) is 0 Å². The molecule has 0 amide bonds. The normalized spacial score (nSPS) is 12.3. The third kappa shape index (κ3) is 1.77. The molecule has 0 atom stereocenters. The summed E-state index contributed by atoms with van der Waals surface area (Å²) in [6.45, 7) is 6.62. The minimum absolute atomic E-state index is 0.185. The first-order valence-electron chi connectivity index (χ1n) is 4.53. The summed E-state index contributed by atoms with van der Waals surface area (Å²) in [4.78, 5) is 4.22. The van der Waals surface area contributed by atoms with Gasteiger partial charge in [-0.3, -0.25) is 0 Å². The Hall–Kier alpha value is -0.600. The van der Waals surface area contributed by atoms with Crippen molar-refractivity contribution in [2.75, 3.05) is 0 Å². The van der Waals surface area contributed by atoms with Gasteiger partial charge in [0.25, 0.3) is 0 Å². The molecular formula is C11H12ClNS. The maximum absolute atomic E-state index is 5.86. The van der Waals surface area contributed by atoms with E-state index in [1.807, 2.05) is 6.07 Å². The van der Waals surface area contributed by atoms with Crippen molar-refractivity contribution in [1.82, 2.24) is 4.98 Å². The van der Waals surface area contributed by atoms with Crippen molar-refractivity contribution in [3.05, 3.63) is 28.2 Å². The molecular weight excluding hydrogens is 214 g/mol. The molecule has 74 valence electrons. The van der Waals surface area contributed by atoms with E-state index < -0.39 is 0 Å². The number of aromatic nitrogens is 1. The van der Waals surface area contributed by atoms with Crippen molar-refractivity contribution in [1.29, 1.82) is 0 Å².